The van der Waals surface area contributed by atoms with E-state index in [1.165, 1.54) is 36.2 Å². The molecule has 0 aliphatic carbocycles. The monoisotopic (exact) mass is 609 g/mol. The Kier molecular flexibility index (Phi) is 11.2. The van der Waals surface area contributed by atoms with Crippen LogP contribution in [0.2, 0.25) is 15.1 Å². The first-order valence-electron chi connectivity index (χ1n) is 12.3. The Bertz CT molecular complexity index is 1390. The summed E-state index contributed by atoms with van der Waals surface area (Å²) in [7, 11) is -2.69. The van der Waals surface area contributed by atoms with Crippen molar-refractivity contribution in [3.63, 3.8) is 0 Å². The topological polar surface area (TPSA) is 86.8 Å². The molecule has 0 fully saturated rings. The molecule has 0 bridgehead atoms. The van der Waals surface area contributed by atoms with Gasteiger partial charge in [0, 0.05) is 41.6 Å². The third-order valence-corrected chi connectivity index (χ3v) is 8.71. The van der Waals surface area contributed by atoms with Crippen LogP contribution in [0.4, 0.5) is 0 Å². The fourth-order valence-electron chi connectivity index (χ4n) is 3.91. The van der Waals surface area contributed by atoms with E-state index in [1.54, 1.807) is 18.2 Å². The number of nitrogens with zero attached hydrogens (tertiary/aromatic N) is 2. The zero-order valence-corrected chi connectivity index (χ0v) is 24.7. The van der Waals surface area contributed by atoms with Crippen LogP contribution in [-0.4, -0.2) is 55.6 Å². The molecule has 3 rings (SSSR count). The maximum absolute atomic E-state index is 13.8. The molecular weight excluding hydrogens is 581 g/mol. The van der Waals surface area contributed by atoms with Crippen LogP contribution in [0.25, 0.3) is 0 Å². The van der Waals surface area contributed by atoms with E-state index < -0.39 is 28.5 Å². The molecule has 0 aromatic heterocycles. The molecule has 3 aromatic rings. The SMILES string of the molecule is CCCNC(=O)[C@@H](Cc1ccccc1)N(Cc1ccc(Cl)cc1Cl)C(=O)CN(C)S(=O)(=O)c1ccc(Cl)cc1. The van der Waals surface area contributed by atoms with Crippen molar-refractivity contribution < 1.29 is 18.0 Å². The van der Waals surface area contributed by atoms with E-state index in [0.717, 1.165) is 9.87 Å². The molecule has 3 aromatic carbocycles. The molecule has 0 aliphatic rings. The molecule has 0 saturated heterocycles. The average molecular weight is 611 g/mol. The smallest absolute Gasteiger partial charge is 0.243 e. The molecule has 0 saturated carbocycles. The van der Waals surface area contributed by atoms with Crippen molar-refractivity contribution in [3.8, 4) is 0 Å². The normalized spacial score (nSPS) is 12.3. The van der Waals surface area contributed by atoms with Crippen molar-refractivity contribution in [3.05, 3.63) is 99.0 Å². The molecule has 0 unspecified atom stereocenters. The summed E-state index contributed by atoms with van der Waals surface area (Å²) in [4.78, 5) is 28.6. The van der Waals surface area contributed by atoms with Crippen molar-refractivity contribution in [2.24, 2.45) is 0 Å². The molecule has 1 N–H and O–H groups in total. The molecule has 0 spiro atoms. The van der Waals surface area contributed by atoms with Crippen LogP contribution in [0.3, 0.4) is 0 Å². The highest BCUT2D eigenvalue weighted by Crippen LogP contribution is 2.25. The number of hydrogen-bond acceptors (Lipinski definition) is 4. The average Bonchev–Trinajstić information content (AvgIpc) is 2.91. The largest absolute Gasteiger partial charge is 0.354 e. The number of nitrogens with one attached hydrogen (secondary N) is 1. The maximum Gasteiger partial charge on any atom is 0.243 e. The van der Waals surface area contributed by atoms with E-state index in [9.17, 15) is 18.0 Å². The van der Waals surface area contributed by atoms with Gasteiger partial charge in [-0.05, 0) is 53.9 Å². The summed E-state index contributed by atoms with van der Waals surface area (Å²) >= 11 is 18.4. The van der Waals surface area contributed by atoms with E-state index in [-0.39, 0.29) is 23.8 Å². The molecule has 0 radical (unpaired) electrons. The first kappa shape index (κ1) is 30.9. The summed E-state index contributed by atoms with van der Waals surface area (Å²) in [5.74, 6) is -0.906. The quantitative estimate of drug-likeness (QED) is 0.296. The van der Waals surface area contributed by atoms with Gasteiger partial charge in [-0.1, -0.05) is 78.1 Å². The van der Waals surface area contributed by atoms with E-state index in [1.807, 2.05) is 37.3 Å². The standard InChI is InChI=1S/C28H30Cl3N3O4S/c1-3-15-32-28(36)26(16-20-7-5-4-6-8-20)34(18-21-9-10-23(30)17-25(21)31)27(35)19-33(2)39(37,38)24-13-11-22(29)12-14-24/h4-14,17,26H,3,15-16,18-19H2,1-2H3,(H,32,36)/t26-/m1/s1. The highest BCUT2D eigenvalue weighted by molar-refractivity contribution is 7.89. The molecule has 7 nitrogen and oxygen atoms in total. The Hall–Kier alpha value is -2.62. The lowest BCUT2D eigenvalue weighted by Crippen LogP contribution is -2.53. The van der Waals surface area contributed by atoms with Crippen LogP contribution in [0.1, 0.15) is 24.5 Å². The number of amides is 2. The van der Waals surface area contributed by atoms with E-state index >= 15 is 0 Å². The first-order chi connectivity index (χ1) is 18.5. The first-order valence-corrected chi connectivity index (χ1v) is 14.9. The van der Waals surface area contributed by atoms with Crippen LogP contribution in [0.15, 0.2) is 77.7 Å². The lowest BCUT2D eigenvalue weighted by molar-refractivity contribution is -0.141. The third kappa shape index (κ3) is 8.43. The highest BCUT2D eigenvalue weighted by Gasteiger charge is 2.33. The molecule has 208 valence electrons. The summed E-state index contributed by atoms with van der Waals surface area (Å²) in [5.41, 5.74) is 1.41. The Morgan fingerprint density at radius 2 is 1.56 bits per heavy atom. The lowest BCUT2D eigenvalue weighted by atomic mass is 10.0. The van der Waals surface area contributed by atoms with Gasteiger partial charge in [-0.15, -0.1) is 0 Å². The fourth-order valence-corrected chi connectivity index (χ4v) is 5.62. The van der Waals surface area contributed by atoms with Gasteiger partial charge in [0.1, 0.15) is 6.04 Å². The summed E-state index contributed by atoms with van der Waals surface area (Å²) in [6.07, 6.45) is 0.934. The number of benzene rings is 3. The Balaban J connectivity index is 1.98. The molecule has 2 amide bonds. The van der Waals surface area contributed by atoms with E-state index in [0.29, 0.717) is 33.6 Å². The summed E-state index contributed by atoms with van der Waals surface area (Å²) in [5, 5.41) is 4.03. The molecule has 39 heavy (non-hydrogen) atoms. The van der Waals surface area contributed by atoms with Crippen molar-refractivity contribution in [2.75, 3.05) is 20.1 Å². The van der Waals surface area contributed by atoms with Gasteiger partial charge in [0.15, 0.2) is 0 Å². The van der Waals surface area contributed by atoms with E-state index in [4.69, 9.17) is 34.8 Å². The minimum atomic E-state index is -4.01. The molecular formula is C28H30Cl3N3O4S. The Morgan fingerprint density at radius 3 is 2.18 bits per heavy atom. The van der Waals surface area contributed by atoms with Gasteiger partial charge in [0.05, 0.1) is 11.4 Å². The molecule has 1 atom stereocenters. The molecule has 0 aliphatic heterocycles. The number of carbonyl (C=O) groups excluding carboxylic acids is 2. The summed E-state index contributed by atoms with van der Waals surface area (Å²) < 4.78 is 27.3. The van der Waals surface area contributed by atoms with Gasteiger partial charge in [0.25, 0.3) is 0 Å². The second-order valence-electron chi connectivity index (χ2n) is 8.97. The highest BCUT2D eigenvalue weighted by atomic mass is 35.5. The second-order valence-corrected chi connectivity index (χ2v) is 12.3. The number of sulfonamides is 1. The summed E-state index contributed by atoms with van der Waals surface area (Å²) in [6, 6.07) is 18.9. The predicted octanol–water partition coefficient (Wildman–Crippen LogP) is 5.43. The Labute approximate surface area is 244 Å². The lowest BCUT2D eigenvalue weighted by Gasteiger charge is -2.33. The van der Waals surface area contributed by atoms with Gasteiger partial charge in [-0.3, -0.25) is 9.59 Å². The summed E-state index contributed by atoms with van der Waals surface area (Å²) in [6.45, 7) is 1.83. The minimum absolute atomic E-state index is 0.00369. The van der Waals surface area contributed by atoms with Crippen LogP contribution < -0.4 is 5.32 Å². The van der Waals surface area contributed by atoms with Crippen LogP contribution in [0, 0.1) is 0 Å². The fraction of sp³-hybridized carbons (Fsp3) is 0.286. The number of rotatable bonds is 12. The van der Waals surface area contributed by atoms with Crippen LogP contribution in [0.5, 0.6) is 0 Å². The second kappa shape index (κ2) is 14.1. The van der Waals surface area contributed by atoms with Gasteiger partial charge in [-0.2, -0.15) is 4.31 Å². The van der Waals surface area contributed by atoms with Crippen molar-refractivity contribution in [1.82, 2.24) is 14.5 Å². The van der Waals surface area contributed by atoms with Crippen LogP contribution in [-0.2, 0) is 32.6 Å². The maximum atomic E-state index is 13.8. The minimum Gasteiger partial charge on any atom is -0.354 e. The van der Waals surface area contributed by atoms with Gasteiger partial charge in [-0.25, -0.2) is 8.42 Å². The predicted molar refractivity (Wildman–Crippen MR) is 156 cm³/mol. The zero-order chi connectivity index (χ0) is 28.6. The Morgan fingerprint density at radius 1 is 0.923 bits per heavy atom. The van der Waals surface area contributed by atoms with Gasteiger partial charge < -0.3 is 10.2 Å². The van der Waals surface area contributed by atoms with Gasteiger partial charge in [0.2, 0.25) is 21.8 Å². The van der Waals surface area contributed by atoms with Gasteiger partial charge >= 0.3 is 0 Å². The molecule has 0 heterocycles. The number of carbonyl (C=O) groups is 2. The number of halogens is 3. The van der Waals surface area contributed by atoms with Crippen molar-refractivity contribution in [2.45, 2.75) is 37.2 Å². The number of hydrogen-bond donors (Lipinski definition) is 1. The van der Waals surface area contributed by atoms with Crippen molar-refractivity contribution >= 4 is 56.6 Å². The van der Waals surface area contributed by atoms with Crippen molar-refractivity contribution in [1.29, 1.82) is 0 Å². The third-order valence-electron chi connectivity index (χ3n) is 6.06. The zero-order valence-electron chi connectivity index (χ0n) is 21.6. The number of likely N-dealkylation sites (N-methyl/N-ethyl adjacent to an activating group) is 1. The van der Waals surface area contributed by atoms with E-state index in [2.05, 4.69) is 5.32 Å². The van der Waals surface area contributed by atoms with Crippen LogP contribution >= 0.6 is 34.8 Å². The molecule has 11 heteroatoms.